The molecule has 1 atom stereocenters. The lowest BCUT2D eigenvalue weighted by Crippen LogP contribution is -2.39. The lowest BCUT2D eigenvalue weighted by atomic mass is 9.84. The van der Waals surface area contributed by atoms with Gasteiger partial charge in [-0.1, -0.05) is 19.3 Å². The van der Waals surface area contributed by atoms with Crippen molar-refractivity contribution in [2.75, 3.05) is 12.4 Å². The first-order chi connectivity index (χ1) is 10.0. The minimum absolute atomic E-state index is 0.0201. The highest BCUT2D eigenvalue weighted by Gasteiger charge is 2.22. The van der Waals surface area contributed by atoms with Gasteiger partial charge in [0, 0.05) is 18.7 Å². The fourth-order valence-corrected chi connectivity index (χ4v) is 2.99. The van der Waals surface area contributed by atoms with Crippen LogP contribution >= 0.6 is 0 Å². The Morgan fingerprint density at radius 3 is 2.29 bits per heavy atom. The Balaban J connectivity index is 2.06. The van der Waals surface area contributed by atoms with Crippen molar-refractivity contribution in [1.82, 2.24) is 5.32 Å². The summed E-state index contributed by atoms with van der Waals surface area (Å²) in [6, 6.07) is 2.16. The van der Waals surface area contributed by atoms with Crippen LogP contribution in [-0.2, 0) is 0 Å². The van der Waals surface area contributed by atoms with E-state index >= 15 is 0 Å². The molecule has 0 spiro atoms. The number of hydrogen-bond acceptors (Lipinski definition) is 2. The normalized spacial score (nSPS) is 17.3. The van der Waals surface area contributed by atoms with Crippen molar-refractivity contribution in [2.24, 2.45) is 5.92 Å². The van der Waals surface area contributed by atoms with Crippen LogP contribution in [0.25, 0.3) is 0 Å². The van der Waals surface area contributed by atoms with Crippen LogP contribution < -0.4 is 10.6 Å². The summed E-state index contributed by atoms with van der Waals surface area (Å²) < 4.78 is 27.4. The van der Waals surface area contributed by atoms with E-state index in [1.54, 1.807) is 0 Å². The van der Waals surface area contributed by atoms with Gasteiger partial charge < -0.3 is 10.6 Å². The Morgan fingerprint density at radius 1 is 1.19 bits per heavy atom. The zero-order valence-electron chi connectivity index (χ0n) is 12.5. The zero-order valence-corrected chi connectivity index (χ0v) is 12.5. The van der Waals surface area contributed by atoms with Crippen LogP contribution in [0.2, 0.25) is 0 Å². The fourth-order valence-electron chi connectivity index (χ4n) is 2.99. The van der Waals surface area contributed by atoms with Gasteiger partial charge in [-0.2, -0.15) is 0 Å². The Hall–Kier alpha value is -1.65. The number of hydrogen-bond donors (Lipinski definition) is 2. The molecule has 0 heterocycles. The topological polar surface area (TPSA) is 41.1 Å². The predicted molar refractivity (Wildman–Crippen MR) is 79.4 cm³/mol. The lowest BCUT2D eigenvalue weighted by Gasteiger charge is -2.28. The third-order valence-electron chi connectivity index (χ3n) is 4.27. The third kappa shape index (κ3) is 3.71. The predicted octanol–water partition coefficient (Wildman–Crippen LogP) is 3.71. The molecule has 0 saturated heterocycles. The third-order valence-corrected chi connectivity index (χ3v) is 4.27. The highest BCUT2D eigenvalue weighted by Crippen LogP contribution is 2.26. The van der Waals surface area contributed by atoms with Crippen molar-refractivity contribution in [3.05, 3.63) is 29.3 Å². The van der Waals surface area contributed by atoms with E-state index in [0.717, 1.165) is 25.0 Å². The van der Waals surface area contributed by atoms with Crippen LogP contribution in [0.4, 0.5) is 14.5 Å². The van der Waals surface area contributed by atoms with E-state index in [1.807, 2.05) is 6.92 Å². The smallest absolute Gasteiger partial charge is 0.251 e. The number of nitrogens with one attached hydrogen (secondary N) is 2. The molecule has 5 heteroatoms. The van der Waals surface area contributed by atoms with E-state index in [2.05, 4.69) is 10.6 Å². The van der Waals surface area contributed by atoms with Gasteiger partial charge in [0.15, 0.2) is 0 Å². The number of amides is 1. The second-order valence-electron chi connectivity index (χ2n) is 5.73. The Kier molecular flexibility index (Phi) is 5.15. The molecular weight excluding hydrogens is 274 g/mol. The molecule has 0 aliphatic heterocycles. The summed E-state index contributed by atoms with van der Waals surface area (Å²) in [5.74, 6) is -1.48. The molecule has 1 aliphatic rings. The van der Waals surface area contributed by atoms with Gasteiger partial charge in [-0.25, -0.2) is 8.78 Å². The van der Waals surface area contributed by atoms with Gasteiger partial charge in [0.05, 0.1) is 0 Å². The van der Waals surface area contributed by atoms with E-state index < -0.39 is 17.5 Å². The molecule has 1 saturated carbocycles. The second kappa shape index (κ2) is 6.87. The van der Waals surface area contributed by atoms with E-state index in [0.29, 0.717) is 5.92 Å². The summed E-state index contributed by atoms with van der Waals surface area (Å²) >= 11 is 0. The molecule has 1 fully saturated rings. The molecule has 3 nitrogen and oxygen atoms in total. The van der Waals surface area contributed by atoms with Crippen molar-refractivity contribution in [3.8, 4) is 0 Å². The van der Waals surface area contributed by atoms with Crippen LogP contribution in [0.5, 0.6) is 0 Å². The van der Waals surface area contributed by atoms with Gasteiger partial charge >= 0.3 is 0 Å². The molecule has 0 radical (unpaired) electrons. The molecule has 1 aromatic carbocycles. The van der Waals surface area contributed by atoms with Crippen molar-refractivity contribution >= 4 is 11.6 Å². The molecule has 0 aromatic heterocycles. The summed E-state index contributed by atoms with van der Waals surface area (Å²) in [6.07, 6.45) is 5.82. The average molecular weight is 296 g/mol. The summed E-state index contributed by atoms with van der Waals surface area (Å²) in [4.78, 5) is 12.1. The molecule has 2 N–H and O–H groups in total. The van der Waals surface area contributed by atoms with E-state index in [9.17, 15) is 13.6 Å². The van der Waals surface area contributed by atoms with Gasteiger partial charge in [0.1, 0.15) is 17.3 Å². The minimum atomic E-state index is -0.757. The van der Waals surface area contributed by atoms with Gasteiger partial charge in [-0.15, -0.1) is 0 Å². The van der Waals surface area contributed by atoms with Crippen LogP contribution in [-0.4, -0.2) is 19.0 Å². The number of halogens is 2. The molecular formula is C16H22F2N2O. The minimum Gasteiger partial charge on any atom is -0.383 e. The number of carbonyl (C=O) groups excluding carboxylic acids is 1. The number of carbonyl (C=O) groups is 1. The first-order valence-corrected chi connectivity index (χ1v) is 7.50. The van der Waals surface area contributed by atoms with Crippen molar-refractivity contribution in [2.45, 2.75) is 45.1 Å². The van der Waals surface area contributed by atoms with Gasteiger partial charge in [-0.05, 0) is 37.8 Å². The number of benzene rings is 1. The van der Waals surface area contributed by atoms with Gasteiger partial charge in [0.2, 0.25) is 0 Å². The van der Waals surface area contributed by atoms with Crippen molar-refractivity contribution in [1.29, 1.82) is 0 Å². The van der Waals surface area contributed by atoms with E-state index in [4.69, 9.17) is 0 Å². The van der Waals surface area contributed by atoms with Crippen molar-refractivity contribution < 1.29 is 13.6 Å². The fraction of sp³-hybridized carbons (Fsp3) is 0.562. The molecule has 116 valence electrons. The van der Waals surface area contributed by atoms with Crippen molar-refractivity contribution in [3.63, 3.8) is 0 Å². The Morgan fingerprint density at radius 2 is 1.76 bits per heavy atom. The maximum absolute atomic E-state index is 13.7. The first kappa shape index (κ1) is 15.7. The summed E-state index contributed by atoms with van der Waals surface area (Å²) in [5.41, 5.74) is -0.196. The Bertz CT molecular complexity index is 490. The van der Waals surface area contributed by atoms with Crippen LogP contribution in [0.1, 0.15) is 49.4 Å². The maximum atomic E-state index is 13.7. The van der Waals surface area contributed by atoms with Crippen LogP contribution in [0.15, 0.2) is 12.1 Å². The first-order valence-electron chi connectivity index (χ1n) is 7.50. The second-order valence-corrected chi connectivity index (χ2v) is 5.73. The van der Waals surface area contributed by atoms with E-state index in [-0.39, 0.29) is 17.3 Å². The standard InChI is InChI=1S/C16H22F2N2O/c1-10(11-6-4-3-5-7-11)20-16(21)12-8-13(17)15(19-2)14(18)9-12/h8-11,19H,3-7H2,1-2H3,(H,20,21). The van der Waals surface area contributed by atoms with Gasteiger partial charge in [-0.3, -0.25) is 4.79 Å². The molecule has 1 aromatic rings. The molecule has 2 rings (SSSR count). The summed E-state index contributed by atoms with van der Waals surface area (Å²) in [6.45, 7) is 1.96. The highest BCUT2D eigenvalue weighted by atomic mass is 19.1. The lowest BCUT2D eigenvalue weighted by molar-refractivity contribution is 0.0918. The highest BCUT2D eigenvalue weighted by molar-refractivity contribution is 5.94. The zero-order chi connectivity index (χ0) is 15.4. The molecule has 1 unspecified atom stereocenters. The number of rotatable bonds is 4. The quantitative estimate of drug-likeness (QED) is 0.889. The van der Waals surface area contributed by atoms with Crippen LogP contribution in [0, 0.1) is 17.6 Å². The van der Waals surface area contributed by atoms with E-state index in [1.165, 1.54) is 26.3 Å². The largest absolute Gasteiger partial charge is 0.383 e. The monoisotopic (exact) mass is 296 g/mol. The molecule has 21 heavy (non-hydrogen) atoms. The Labute approximate surface area is 124 Å². The summed E-state index contributed by atoms with van der Waals surface area (Å²) in [7, 11) is 1.44. The molecule has 0 bridgehead atoms. The molecule has 1 amide bonds. The van der Waals surface area contributed by atoms with Gasteiger partial charge in [0.25, 0.3) is 5.91 Å². The average Bonchev–Trinajstić information content (AvgIpc) is 2.47. The maximum Gasteiger partial charge on any atom is 0.251 e. The SMILES string of the molecule is CNc1c(F)cc(C(=O)NC(C)C2CCCCC2)cc1F. The van der Waals surface area contributed by atoms with Crippen LogP contribution in [0.3, 0.4) is 0 Å². The summed E-state index contributed by atoms with van der Waals surface area (Å²) in [5, 5.41) is 5.31. The number of anilines is 1. The molecule has 1 aliphatic carbocycles.